The fourth-order valence-corrected chi connectivity index (χ4v) is 4.31. The Labute approximate surface area is 276 Å². The number of phosphoric ester groups is 1. The summed E-state index contributed by atoms with van der Waals surface area (Å²) in [5.74, 6) is 0.392. The summed E-state index contributed by atoms with van der Waals surface area (Å²) in [5, 5.41) is 19.5. The molecule has 0 saturated heterocycles. The number of rotatable bonds is 22. The Balaban J connectivity index is 1.47. The number of nitrogens with one attached hydrogen (secondary N) is 1. The van der Waals surface area contributed by atoms with Crippen molar-refractivity contribution in [2.45, 2.75) is 0 Å². The molecular formula is C30H38N3O14P. The molecule has 17 nitrogen and oxygen atoms in total. The predicted octanol–water partition coefficient (Wildman–Crippen LogP) is 4.39. The van der Waals surface area contributed by atoms with Crippen molar-refractivity contribution < 1.29 is 66.6 Å². The number of esters is 1. The summed E-state index contributed by atoms with van der Waals surface area (Å²) in [4.78, 5) is 39.0. The Kier molecular flexibility index (Phi) is 15.1. The topological polar surface area (TPSA) is 206 Å². The van der Waals surface area contributed by atoms with Crippen molar-refractivity contribution in [3.05, 3.63) is 82.4 Å². The third-order valence-electron chi connectivity index (χ3n) is 5.97. The second-order valence-corrected chi connectivity index (χ2v) is 12.3. The van der Waals surface area contributed by atoms with Crippen LogP contribution in [0.2, 0.25) is 0 Å². The lowest BCUT2D eigenvalue weighted by Crippen LogP contribution is -2.37. The van der Waals surface area contributed by atoms with Crippen LogP contribution in [0.15, 0.2) is 66.7 Å². The lowest BCUT2D eigenvalue weighted by atomic mass is 10.2. The zero-order chi connectivity index (χ0) is 35.0. The third-order valence-corrected chi connectivity index (χ3v) is 6.97. The number of ether oxygens (including phenoxy) is 5. The van der Waals surface area contributed by atoms with Gasteiger partial charge in [0, 0.05) is 18.2 Å². The van der Waals surface area contributed by atoms with E-state index in [0.29, 0.717) is 22.5 Å². The first kappa shape index (κ1) is 38.3. The second-order valence-electron chi connectivity index (χ2n) is 10.9. The minimum absolute atomic E-state index is 0.00404. The summed E-state index contributed by atoms with van der Waals surface area (Å²) in [7, 11) is 1.32. The molecule has 0 bridgehead atoms. The third kappa shape index (κ3) is 14.7. The van der Waals surface area contributed by atoms with E-state index < -0.39 is 18.7 Å². The van der Waals surface area contributed by atoms with Crippen molar-refractivity contribution in [1.82, 2.24) is 0 Å². The average Bonchev–Trinajstić information content (AvgIpc) is 3.02. The van der Waals surface area contributed by atoms with Gasteiger partial charge in [0.05, 0.1) is 70.4 Å². The van der Waals surface area contributed by atoms with Crippen LogP contribution in [0.25, 0.3) is 0 Å². The van der Waals surface area contributed by atoms with Crippen LogP contribution in [0.1, 0.15) is 10.4 Å². The number of nitrogens with zero attached hydrogens (tertiary/aromatic N) is 2. The van der Waals surface area contributed by atoms with E-state index >= 15 is 0 Å². The lowest BCUT2D eigenvalue weighted by molar-refractivity contribution is -0.870. The summed E-state index contributed by atoms with van der Waals surface area (Å²) in [5.41, 5.74) is 2.69. The number of phosphoric acid groups is 1. The molecule has 3 rings (SSSR count). The minimum Gasteiger partial charge on any atom is -0.756 e. The highest BCUT2D eigenvalue weighted by Crippen LogP contribution is 2.37. The van der Waals surface area contributed by atoms with Gasteiger partial charge in [-0.25, -0.2) is 15.5 Å². The smallest absolute Gasteiger partial charge is 0.338 e. The molecule has 1 unspecified atom stereocenters. The van der Waals surface area contributed by atoms with E-state index in [4.69, 9.17) is 38.0 Å². The van der Waals surface area contributed by atoms with Crippen LogP contribution in [0.4, 0.5) is 11.4 Å². The van der Waals surface area contributed by atoms with Crippen molar-refractivity contribution >= 4 is 25.2 Å². The summed E-state index contributed by atoms with van der Waals surface area (Å²) in [6.45, 7) is 0.578. The Morgan fingerprint density at radius 2 is 1.31 bits per heavy atom. The summed E-state index contributed by atoms with van der Waals surface area (Å²) >= 11 is 0. The van der Waals surface area contributed by atoms with Crippen LogP contribution in [-0.4, -0.2) is 94.6 Å². The van der Waals surface area contributed by atoms with Gasteiger partial charge in [-0.1, -0.05) is 0 Å². The summed E-state index contributed by atoms with van der Waals surface area (Å²) < 4.78 is 49.6. The van der Waals surface area contributed by atoms with Gasteiger partial charge in [-0.3, -0.25) is 14.7 Å². The molecule has 0 amide bonds. The van der Waals surface area contributed by atoms with E-state index in [-0.39, 0.29) is 74.7 Å². The lowest BCUT2D eigenvalue weighted by Gasteiger charge is -2.27. The first-order valence-electron chi connectivity index (χ1n) is 14.5. The molecule has 0 spiro atoms. The van der Waals surface area contributed by atoms with E-state index in [1.807, 2.05) is 21.1 Å². The molecule has 3 aromatic carbocycles. The van der Waals surface area contributed by atoms with Gasteiger partial charge in [0.1, 0.15) is 42.8 Å². The fraction of sp³-hybridized carbons (Fsp3) is 0.367. The number of hydrogen-bond acceptors (Lipinski definition) is 15. The molecule has 1 atom stereocenters. The van der Waals surface area contributed by atoms with Gasteiger partial charge < -0.3 is 42.1 Å². The number of carbonyl (C=O) groups excluding carboxylic acids is 1. The van der Waals surface area contributed by atoms with E-state index in [9.17, 15) is 24.4 Å². The maximum atomic E-state index is 12.9. The number of likely N-dealkylation sites (N-methyl/N-ethyl adjacent to an activating group) is 1. The normalized spacial score (nSPS) is 12.6. The number of nitro groups is 1. The quantitative estimate of drug-likeness (QED) is 0.0284. The molecule has 3 aromatic rings. The van der Waals surface area contributed by atoms with E-state index in [1.165, 1.54) is 42.5 Å². The maximum absolute atomic E-state index is 12.9. The Morgan fingerprint density at radius 3 is 1.85 bits per heavy atom. The molecule has 0 heterocycles. The largest absolute Gasteiger partial charge is 0.756 e. The van der Waals surface area contributed by atoms with Gasteiger partial charge in [-0.15, -0.1) is 4.99 Å². The van der Waals surface area contributed by atoms with Gasteiger partial charge in [0.25, 0.3) is 13.5 Å². The van der Waals surface area contributed by atoms with E-state index in [0.717, 1.165) is 0 Å². The Morgan fingerprint density at radius 1 is 0.792 bits per heavy atom. The molecular weight excluding hydrogens is 657 g/mol. The maximum Gasteiger partial charge on any atom is 0.338 e. The number of hydrogen-bond donors (Lipinski definition) is 2. The van der Waals surface area contributed by atoms with Crippen LogP contribution < -0.4 is 19.8 Å². The number of nitro benzene ring substituents is 1. The molecule has 48 heavy (non-hydrogen) atoms. The van der Waals surface area contributed by atoms with Gasteiger partial charge in [-0.05, 0) is 48.5 Å². The van der Waals surface area contributed by atoms with Crippen LogP contribution in [0.5, 0.6) is 23.0 Å². The molecule has 18 heteroatoms. The van der Waals surface area contributed by atoms with Crippen LogP contribution in [0.3, 0.4) is 0 Å². The van der Waals surface area contributed by atoms with Crippen LogP contribution in [0, 0.1) is 10.1 Å². The molecule has 0 aromatic heterocycles. The SMILES string of the molecule is C[N+](C)(C)CCOP(=O)([O-])OCCOCCOCCOC(=O)c1cc(Oc2ccc(NOO)cc2)cc(Oc2ccc([N+](=O)[O-])cc2)c1. The summed E-state index contributed by atoms with van der Waals surface area (Å²) in [6.07, 6.45) is 0. The van der Waals surface area contributed by atoms with Gasteiger partial charge >= 0.3 is 5.97 Å². The second kappa shape index (κ2) is 19.0. The average molecular weight is 696 g/mol. The van der Waals surface area contributed by atoms with E-state index in [1.54, 1.807) is 24.3 Å². The van der Waals surface area contributed by atoms with Crippen LogP contribution in [-0.2, 0) is 32.8 Å². The highest BCUT2D eigenvalue weighted by atomic mass is 31.2. The zero-order valence-corrected chi connectivity index (χ0v) is 27.5. The van der Waals surface area contributed by atoms with Crippen molar-refractivity contribution in [3.63, 3.8) is 0 Å². The fourth-order valence-electron chi connectivity index (χ4n) is 3.63. The van der Waals surface area contributed by atoms with Gasteiger partial charge in [0.15, 0.2) is 0 Å². The number of carbonyl (C=O) groups is 1. The first-order valence-corrected chi connectivity index (χ1v) is 15.9. The molecule has 0 aliphatic heterocycles. The van der Waals surface area contributed by atoms with Gasteiger partial charge in [0.2, 0.25) is 0 Å². The molecule has 0 fully saturated rings. The number of benzene rings is 3. The highest BCUT2D eigenvalue weighted by molar-refractivity contribution is 7.45. The van der Waals surface area contributed by atoms with E-state index in [2.05, 4.69) is 10.5 Å². The standard InChI is InChI=1S/C30H38N3O14P/c1-33(2,3)12-13-43-48(38,39)44-19-17-41-15-14-40-16-18-42-30(34)23-20-28(45-26-8-4-24(5-9-26)31-47-37)22-29(21-23)46-27-10-6-25(7-11-27)32(35)36/h4-11,20-22,31H,12-19H2,1-3H3,(H-,37,38,39). The Bertz CT molecular complexity index is 1500. The first-order chi connectivity index (χ1) is 22.8. The van der Waals surface area contributed by atoms with Crippen LogP contribution >= 0.6 is 7.82 Å². The van der Waals surface area contributed by atoms with Crippen molar-refractivity contribution in [3.8, 4) is 23.0 Å². The minimum atomic E-state index is -4.41. The number of non-ortho nitro benzene ring substituents is 1. The molecule has 0 radical (unpaired) electrons. The molecule has 0 aliphatic rings. The molecule has 2 N–H and O–H groups in total. The van der Waals surface area contributed by atoms with Crippen molar-refractivity contribution in [1.29, 1.82) is 0 Å². The molecule has 262 valence electrons. The van der Waals surface area contributed by atoms with Crippen molar-refractivity contribution in [2.75, 3.05) is 79.4 Å². The summed E-state index contributed by atoms with van der Waals surface area (Å²) in [6, 6.07) is 16.1. The Hall–Kier alpha value is -4.16. The highest BCUT2D eigenvalue weighted by Gasteiger charge is 2.15. The molecule has 0 saturated carbocycles. The number of anilines is 1. The number of quaternary nitrogens is 1. The predicted molar refractivity (Wildman–Crippen MR) is 168 cm³/mol. The zero-order valence-electron chi connectivity index (χ0n) is 26.6. The van der Waals surface area contributed by atoms with Gasteiger partial charge in [-0.2, -0.15) is 0 Å². The van der Waals surface area contributed by atoms with Crippen molar-refractivity contribution in [2.24, 2.45) is 0 Å². The molecule has 0 aliphatic carbocycles. The monoisotopic (exact) mass is 695 g/mol.